The van der Waals surface area contributed by atoms with Crippen LogP contribution >= 0.6 is 22.7 Å². The van der Waals surface area contributed by atoms with Gasteiger partial charge in [-0.3, -0.25) is 4.98 Å². The van der Waals surface area contributed by atoms with Crippen LogP contribution in [0, 0.1) is 0 Å². The normalized spacial score (nSPS) is 12.1. The summed E-state index contributed by atoms with van der Waals surface area (Å²) in [5.74, 6) is 0.671. The summed E-state index contributed by atoms with van der Waals surface area (Å²) in [4.78, 5) is 15.3. The van der Waals surface area contributed by atoms with Crippen LogP contribution in [-0.2, 0) is 0 Å². The largest absolute Gasteiger partial charge is 0.454 e. The zero-order valence-electron chi connectivity index (χ0n) is 25.8. The van der Waals surface area contributed by atoms with Gasteiger partial charge in [0, 0.05) is 62.2 Å². The van der Waals surface area contributed by atoms with Crippen molar-refractivity contribution in [3.05, 3.63) is 140 Å². The average Bonchev–Trinajstić information content (AvgIpc) is 3.83. The molecule has 49 heavy (non-hydrogen) atoms. The second-order valence-corrected chi connectivity index (χ2v) is 14.6. The summed E-state index contributed by atoms with van der Waals surface area (Å²) in [6.45, 7) is 0. The van der Waals surface area contributed by atoms with E-state index >= 15 is 0 Å². The molecule has 6 heteroatoms. The van der Waals surface area contributed by atoms with Crippen molar-refractivity contribution < 1.29 is 4.42 Å². The lowest BCUT2D eigenvalue weighted by atomic mass is 10.0. The van der Waals surface area contributed by atoms with E-state index in [0.717, 1.165) is 55.5 Å². The van der Waals surface area contributed by atoms with Crippen molar-refractivity contribution in [2.75, 3.05) is 0 Å². The fourth-order valence-corrected chi connectivity index (χ4v) is 9.29. The molecule has 6 aromatic carbocycles. The van der Waals surface area contributed by atoms with Gasteiger partial charge >= 0.3 is 0 Å². The number of pyridine rings is 1. The van der Waals surface area contributed by atoms with E-state index in [9.17, 15) is 0 Å². The van der Waals surface area contributed by atoms with Crippen molar-refractivity contribution in [2.45, 2.75) is 0 Å². The lowest BCUT2D eigenvalue weighted by molar-refractivity contribution is 0.667. The van der Waals surface area contributed by atoms with Crippen molar-refractivity contribution in [1.29, 1.82) is 0 Å². The van der Waals surface area contributed by atoms with Crippen molar-refractivity contribution >= 4 is 95.7 Å². The van der Waals surface area contributed by atoms with Crippen LogP contribution in [0.25, 0.3) is 107 Å². The van der Waals surface area contributed by atoms with Crippen LogP contribution in [-0.4, -0.2) is 15.0 Å². The molecule has 0 amide bonds. The van der Waals surface area contributed by atoms with Gasteiger partial charge in [-0.2, -0.15) is 0 Å². The monoisotopic (exact) mass is 661 g/mol. The minimum atomic E-state index is 0.671. The molecule has 5 aromatic heterocycles. The Morgan fingerprint density at radius 2 is 1.00 bits per heavy atom. The van der Waals surface area contributed by atoms with Crippen molar-refractivity contribution in [2.24, 2.45) is 0 Å². The Morgan fingerprint density at radius 3 is 1.76 bits per heavy atom. The van der Waals surface area contributed by atoms with E-state index in [-0.39, 0.29) is 0 Å². The number of rotatable bonds is 3. The Hall–Kier alpha value is -5.95. The summed E-state index contributed by atoms with van der Waals surface area (Å²) in [7, 11) is 0. The quantitative estimate of drug-likeness (QED) is 0.189. The fraction of sp³-hybridized carbons (Fsp3) is 0. The molecule has 0 spiro atoms. The summed E-state index contributed by atoms with van der Waals surface area (Å²) in [5.41, 5.74) is 6.03. The Balaban J connectivity index is 1.14. The number of thiophene rings is 2. The highest BCUT2D eigenvalue weighted by Gasteiger charge is 2.17. The second-order valence-electron chi connectivity index (χ2n) is 12.4. The molecule has 0 atom stereocenters. The van der Waals surface area contributed by atoms with Crippen LogP contribution in [0.15, 0.2) is 144 Å². The maximum Gasteiger partial charge on any atom is 0.160 e. The van der Waals surface area contributed by atoms with E-state index in [4.69, 9.17) is 19.4 Å². The Bertz CT molecular complexity index is 3000. The SMILES string of the molecule is c1ccc2cc3c(cc2c1)oc1cnc(-c2cc(-c4ccc5sc6ccccc6c5c4)nc(-c4ccc5sc6ccccc6c5c4)n2)cc13. The van der Waals surface area contributed by atoms with Gasteiger partial charge in [0.2, 0.25) is 0 Å². The highest BCUT2D eigenvalue weighted by atomic mass is 32.1. The van der Waals surface area contributed by atoms with Crippen molar-refractivity contribution in [3.8, 4) is 34.0 Å². The molecule has 0 N–H and O–H groups in total. The number of hydrogen-bond acceptors (Lipinski definition) is 6. The molecule has 11 aromatic rings. The van der Waals surface area contributed by atoms with Crippen molar-refractivity contribution in [3.63, 3.8) is 0 Å². The van der Waals surface area contributed by atoms with Gasteiger partial charge in [-0.05, 0) is 77.5 Å². The Labute approximate surface area is 287 Å². The van der Waals surface area contributed by atoms with E-state index in [1.807, 2.05) is 28.9 Å². The first-order valence-corrected chi connectivity index (χ1v) is 17.8. The third-order valence-corrected chi connectivity index (χ3v) is 11.8. The van der Waals surface area contributed by atoms with E-state index in [1.54, 1.807) is 0 Å². The van der Waals surface area contributed by atoms with Gasteiger partial charge in [-0.15, -0.1) is 22.7 Å². The van der Waals surface area contributed by atoms with Crippen molar-refractivity contribution in [1.82, 2.24) is 15.0 Å². The highest BCUT2D eigenvalue weighted by molar-refractivity contribution is 7.26. The first kappa shape index (κ1) is 27.0. The highest BCUT2D eigenvalue weighted by Crippen LogP contribution is 2.39. The van der Waals surface area contributed by atoms with Crippen LogP contribution in [0.2, 0.25) is 0 Å². The predicted octanol–water partition coefficient (Wildman–Crippen LogP) is 12.7. The lowest BCUT2D eigenvalue weighted by Crippen LogP contribution is -1.97. The van der Waals surface area contributed by atoms with Gasteiger partial charge < -0.3 is 4.42 Å². The Morgan fingerprint density at radius 1 is 0.408 bits per heavy atom. The number of benzene rings is 6. The molecule has 0 radical (unpaired) electrons. The first-order chi connectivity index (χ1) is 24.2. The summed E-state index contributed by atoms with van der Waals surface area (Å²) in [6, 6.07) is 47.3. The zero-order valence-corrected chi connectivity index (χ0v) is 27.5. The van der Waals surface area contributed by atoms with Crippen LogP contribution in [0.1, 0.15) is 0 Å². The summed E-state index contributed by atoms with van der Waals surface area (Å²) < 4.78 is 11.4. The van der Waals surface area contributed by atoms with Gasteiger partial charge in [-0.1, -0.05) is 66.7 Å². The smallest absolute Gasteiger partial charge is 0.160 e. The molecule has 0 aliphatic carbocycles. The molecule has 11 rings (SSSR count). The van der Waals surface area contributed by atoms with Gasteiger partial charge in [0.05, 0.1) is 23.3 Å². The standard InChI is InChI=1S/C43H23N3OS2/c1-2-8-25-20-37-30(17-24(25)7-1)31-21-35(44-23-38(31)47-37)36-22-34(26-13-15-41-32(18-26)28-9-3-5-11-39(28)48-41)45-43(46-36)27-14-16-42-33(19-27)29-10-4-6-12-40(29)49-42/h1-23H. The van der Waals surface area contributed by atoms with E-state index < -0.39 is 0 Å². The van der Waals surface area contributed by atoms with Crippen LogP contribution in [0.3, 0.4) is 0 Å². The summed E-state index contributed by atoms with van der Waals surface area (Å²) in [5, 5.41) is 9.39. The molecule has 0 saturated carbocycles. The molecule has 228 valence electrons. The minimum Gasteiger partial charge on any atom is -0.454 e. The number of aromatic nitrogens is 3. The Kier molecular flexibility index (Phi) is 5.67. The van der Waals surface area contributed by atoms with Crippen LogP contribution in [0.5, 0.6) is 0 Å². The van der Waals surface area contributed by atoms with Gasteiger partial charge in [0.15, 0.2) is 11.4 Å². The molecule has 0 aliphatic rings. The second kappa shape index (κ2) is 10.3. The maximum atomic E-state index is 6.28. The lowest BCUT2D eigenvalue weighted by Gasteiger charge is -2.10. The van der Waals surface area contributed by atoms with E-state index in [1.165, 1.54) is 45.7 Å². The maximum absolute atomic E-state index is 6.28. The molecule has 0 fully saturated rings. The molecule has 5 heterocycles. The molecule has 0 aliphatic heterocycles. The third-order valence-electron chi connectivity index (χ3n) is 9.52. The van der Waals surface area contributed by atoms with Gasteiger partial charge in [0.25, 0.3) is 0 Å². The predicted molar refractivity (Wildman–Crippen MR) is 207 cm³/mol. The number of nitrogens with zero attached hydrogens (tertiary/aromatic N) is 3. The summed E-state index contributed by atoms with van der Waals surface area (Å²) in [6.07, 6.45) is 1.82. The fourth-order valence-electron chi connectivity index (χ4n) is 7.11. The zero-order chi connectivity index (χ0) is 32.1. The summed E-state index contributed by atoms with van der Waals surface area (Å²) >= 11 is 3.63. The van der Waals surface area contributed by atoms with Crippen LogP contribution in [0.4, 0.5) is 0 Å². The molecular formula is C43H23N3OS2. The van der Waals surface area contributed by atoms with Gasteiger partial charge in [0.1, 0.15) is 5.58 Å². The topological polar surface area (TPSA) is 51.8 Å². The molecule has 0 saturated heterocycles. The van der Waals surface area contributed by atoms with E-state index in [2.05, 4.69) is 133 Å². The molecule has 0 bridgehead atoms. The molecule has 0 unspecified atom stereocenters. The number of fused-ring (bicyclic) bond motifs is 10. The third kappa shape index (κ3) is 4.25. The average molecular weight is 662 g/mol. The molecular weight excluding hydrogens is 639 g/mol. The van der Waals surface area contributed by atoms with Crippen LogP contribution < -0.4 is 0 Å². The first-order valence-electron chi connectivity index (χ1n) is 16.2. The minimum absolute atomic E-state index is 0.671. The number of furan rings is 1. The van der Waals surface area contributed by atoms with E-state index in [0.29, 0.717) is 5.82 Å². The number of hydrogen-bond donors (Lipinski definition) is 0. The van der Waals surface area contributed by atoms with Gasteiger partial charge in [-0.25, -0.2) is 9.97 Å². The molecule has 4 nitrogen and oxygen atoms in total.